The Labute approximate surface area is 74.6 Å². The molecule has 1 aliphatic heterocycles. The molecular formula is C10H19NO. The highest BCUT2D eigenvalue weighted by Gasteiger charge is 2.35. The zero-order valence-corrected chi connectivity index (χ0v) is 7.92. The van der Waals surface area contributed by atoms with E-state index in [0.29, 0.717) is 0 Å². The Morgan fingerprint density at radius 3 is 2.42 bits per heavy atom. The van der Waals surface area contributed by atoms with Gasteiger partial charge in [-0.2, -0.15) is 0 Å². The van der Waals surface area contributed by atoms with Crippen molar-refractivity contribution in [3.05, 3.63) is 0 Å². The molecule has 0 atom stereocenters. The van der Waals surface area contributed by atoms with Crippen molar-refractivity contribution >= 4 is 0 Å². The van der Waals surface area contributed by atoms with Crippen LogP contribution in [-0.4, -0.2) is 35.2 Å². The van der Waals surface area contributed by atoms with Gasteiger partial charge in [0.2, 0.25) is 0 Å². The molecule has 0 aromatic heterocycles. The van der Waals surface area contributed by atoms with Gasteiger partial charge in [0, 0.05) is 19.6 Å². The fourth-order valence-corrected chi connectivity index (χ4v) is 2.56. The minimum Gasteiger partial charge on any atom is -0.389 e. The molecule has 1 N–H and O–H groups in total. The second-order valence-corrected chi connectivity index (χ2v) is 4.73. The van der Waals surface area contributed by atoms with E-state index < -0.39 is 0 Å². The third kappa shape index (κ3) is 1.64. The molecule has 2 aliphatic rings. The van der Waals surface area contributed by atoms with Crippen LogP contribution >= 0.6 is 0 Å². The molecule has 12 heavy (non-hydrogen) atoms. The largest absolute Gasteiger partial charge is 0.389 e. The molecule has 0 aromatic rings. The Morgan fingerprint density at radius 1 is 1.33 bits per heavy atom. The highest BCUT2D eigenvalue weighted by Crippen LogP contribution is 2.31. The maximum Gasteiger partial charge on any atom is 0.0774 e. The summed E-state index contributed by atoms with van der Waals surface area (Å²) in [5, 5.41) is 10.1. The van der Waals surface area contributed by atoms with Crippen molar-refractivity contribution in [2.75, 3.05) is 19.6 Å². The van der Waals surface area contributed by atoms with Crippen molar-refractivity contribution in [3.63, 3.8) is 0 Å². The summed E-state index contributed by atoms with van der Waals surface area (Å²) in [6, 6.07) is 0. The van der Waals surface area contributed by atoms with Crippen molar-refractivity contribution in [1.29, 1.82) is 0 Å². The van der Waals surface area contributed by atoms with Gasteiger partial charge >= 0.3 is 0 Å². The molecule has 0 radical (unpaired) electrons. The molecule has 0 spiro atoms. The maximum absolute atomic E-state index is 10.1. The van der Waals surface area contributed by atoms with Crippen molar-refractivity contribution in [3.8, 4) is 0 Å². The molecule has 1 saturated carbocycles. The summed E-state index contributed by atoms with van der Waals surface area (Å²) in [7, 11) is 0. The number of nitrogens with zero attached hydrogens (tertiary/aromatic N) is 1. The molecule has 1 saturated heterocycles. The fraction of sp³-hybridized carbons (Fsp3) is 1.00. The van der Waals surface area contributed by atoms with Crippen LogP contribution in [0.5, 0.6) is 0 Å². The van der Waals surface area contributed by atoms with Crippen molar-refractivity contribution in [2.24, 2.45) is 5.92 Å². The molecule has 1 aliphatic carbocycles. The molecule has 0 bridgehead atoms. The van der Waals surface area contributed by atoms with E-state index in [1.165, 1.54) is 25.9 Å². The van der Waals surface area contributed by atoms with Gasteiger partial charge in [-0.15, -0.1) is 0 Å². The third-order valence-electron chi connectivity index (χ3n) is 3.19. The van der Waals surface area contributed by atoms with E-state index in [9.17, 15) is 5.11 Å². The predicted octanol–water partition coefficient (Wildman–Crippen LogP) is 1.24. The first-order chi connectivity index (χ1) is 5.68. The zero-order valence-electron chi connectivity index (χ0n) is 7.92. The van der Waals surface area contributed by atoms with E-state index in [-0.39, 0.29) is 5.60 Å². The first-order valence-corrected chi connectivity index (χ1v) is 5.13. The lowest BCUT2D eigenvalue weighted by atomic mass is 9.96. The van der Waals surface area contributed by atoms with Gasteiger partial charge in [0.05, 0.1) is 5.60 Å². The first-order valence-electron chi connectivity index (χ1n) is 5.13. The fourth-order valence-electron chi connectivity index (χ4n) is 2.56. The van der Waals surface area contributed by atoms with Crippen LogP contribution in [0.25, 0.3) is 0 Å². The van der Waals surface area contributed by atoms with Crippen LogP contribution in [0.4, 0.5) is 0 Å². The average Bonchev–Trinajstić information content (AvgIpc) is 2.33. The minimum absolute atomic E-state index is 0.319. The van der Waals surface area contributed by atoms with Crippen LogP contribution in [0.15, 0.2) is 0 Å². The molecule has 0 unspecified atom stereocenters. The van der Waals surface area contributed by atoms with Gasteiger partial charge < -0.3 is 5.11 Å². The number of hydrogen-bond donors (Lipinski definition) is 1. The topological polar surface area (TPSA) is 23.5 Å². The lowest BCUT2D eigenvalue weighted by molar-refractivity contribution is -0.0234. The third-order valence-corrected chi connectivity index (χ3v) is 3.19. The van der Waals surface area contributed by atoms with Crippen LogP contribution in [-0.2, 0) is 0 Å². The van der Waals surface area contributed by atoms with Gasteiger partial charge in [-0.05, 0) is 18.8 Å². The lowest BCUT2D eigenvalue weighted by Gasteiger charge is -2.41. The Kier molecular flexibility index (Phi) is 2.13. The van der Waals surface area contributed by atoms with E-state index in [2.05, 4.69) is 11.8 Å². The van der Waals surface area contributed by atoms with E-state index in [0.717, 1.165) is 25.3 Å². The summed E-state index contributed by atoms with van der Waals surface area (Å²) >= 11 is 0. The average molecular weight is 169 g/mol. The second kappa shape index (κ2) is 3.00. The highest BCUT2D eigenvalue weighted by molar-refractivity contribution is 4.90. The first kappa shape index (κ1) is 8.52. The second-order valence-electron chi connectivity index (χ2n) is 4.73. The maximum atomic E-state index is 10.1. The molecule has 2 rings (SSSR count). The monoisotopic (exact) mass is 169 g/mol. The van der Waals surface area contributed by atoms with Crippen LogP contribution in [0.1, 0.15) is 32.6 Å². The molecule has 70 valence electrons. The molecule has 0 amide bonds. The van der Waals surface area contributed by atoms with Gasteiger partial charge in [-0.25, -0.2) is 0 Å². The molecular weight excluding hydrogens is 150 g/mol. The van der Waals surface area contributed by atoms with Crippen molar-refractivity contribution < 1.29 is 5.11 Å². The normalized spacial score (nSPS) is 30.5. The van der Waals surface area contributed by atoms with Crippen LogP contribution < -0.4 is 0 Å². The quantitative estimate of drug-likeness (QED) is 0.672. The van der Waals surface area contributed by atoms with Crippen LogP contribution in [0.2, 0.25) is 0 Å². The summed E-state index contributed by atoms with van der Waals surface area (Å²) in [5.41, 5.74) is -0.319. The van der Waals surface area contributed by atoms with Gasteiger partial charge in [0.15, 0.2) is 0 Å². The molecule has 0 aromatic carbocycles. The van der Waals surface area contributed by atoms with Gasteiger partial charge in [0.25, 0.3) is 0 Å². The highest BCUT2D eigenvalue weighted by atomic mass is 16.3. The number of β-amino-alcohol motifs (C(OH)–C–C–N with tert-alkyl or cyclic N) is 1. The summed E-state index contributed by atoms with van der Waals surface area (Å²) < 4.78 is 0. The number of rotatable bonds is 2. The van der Waals surface area contributed by atoms with Crippen molar-refractivity contribution in [2.45, 2.75) is 38.2 Å². The summed E-state index contributed by atoms with van der Waals surface area (Å²) in [6.45, 7) is 5.59. The molecule has 2 heteroatoms. The molecule has 2 nitrogen and oxygen atoms in total. The summed E-state index contributed by atoms with van der Waals surface area (Å²) in [4.78, 5) is 2.38. The summed E-state index contributed by atoms with van der Waals surface area (Å²) in [6.07, 6.45) is 4.50. The van der Waals surface area contributed by atoms with Gasteiger partial charge in [-0.3, -0.25) is 4.90 Å². The van der Waals surface area contributed by atoms with Gasteiger partial charge in [-0.1, -0.05) is 19.8 Å². The molecule has 1 heterocycles. The number of hydrogen-bond acceptors (Lipinski definition) is 2. The summed E-state index contributed by atoms with van der Waals surface area (Å²) in [5.74, 6) is 0.856. The smallest absolute Gasteiger partial charge is 0.0774 e. The van der Waals surface area contributed by atoms with Gasteiger partial charge in [0.1, 0.15) is 0 Å². The van der Waals surface area contributed by atoms with E-state index in [1.807, 2.05) is 0 Å². The van der Waals surface area contributed by atoms with Crippen LogP contribution in [0.3, 0.4) is 0 Å². The number of aliphatic hydroxyl groups is 1. The number of likely N-dealkylation sites (tertiary alicyclic amines) is 1. The Bertz CT molecular complexity index is 157. The SMILES string of the molecule is CC1CN(CC2(O)CCCC2)C1. The lowest BCUT2D eigenvalue weighted by Crippen LogP contribution is -2.52. The van der Waals surface area contributed by atoms with Crippen molar-refractivity contribution in [1.82, 2.24) is 4.90 Å². The molecule has 2 fully saturated rings. The standard InChI is InChI=1S/C10H19NO/c1-9-6-11(7-9)8-10(12)4-2-3-5-10/h9,12H,2-8H2,1H3. The van der Waals surface area contributed by atoms with E-state index in [4.69, 9.17) is 0 Å². The Morgan fingerprint density at radius 2 is 1.92 bits per heavy atom. The minimum atomic E-state index is -0.319. The van der Waals surface area contributed by atoms with E-state index >= 15 is 0 Å². The predicted molar refractivity (Wildman–Crippen MR) is 49.0 cm³/mol. The zero-order chi connectivity index (χ0) is 8.60. The van der Waals surface area contributed by atoms with E-state index in [1.54, 1.807) is 0 Å². The Hall–Kier alpha value is -0.0800. The Balaban J connectivity index is 1.78. The van der Waals surface area contributed by atoms with Crippen LogP contribution in [0, 0.1) is 5.92 Å².